The summed E-state index contributed by atoms with van der Waals surface area (Å²) >= 11 is 0. The fourth-order valence-corrected chi connectivity index (χ4v) is 3.26. The van der Waals surface area contributed by atoms with Gasteiger partial charge in [0.2, 0.25) is 10.0 Å². The number of pyridine rings is 1. The molecule has 26 heavy (non-hydrogen) atoms. The monoisotopic (exact) mass is 371 g/mol. The van der Waals surface area contributed by atoms with E-state index >= 15 is 0 Å². The van der Waals surface area contributed by atoms with Gasteiger partial charge in [0.1, 0.15) is 16.5 Å². The van der Waals surface area contributed by atoms with Gasteiger partial charge in [0.15, 0.2) is 0 Å². The SMILES string of the molecule is CNS(=O)(=O)c1ccc(NC(c2ccccc2)c2cccc(F)c2)nc1. The molecule has 3 aromatic rings. The van der Waals surface area contributed by atoms with Gasteiger partial charge in [0, 0.05) is 6.20 Å². The molecule has 5 nitrogen and oxygen atoms in total. The molecule has 7 heteroatoms. The number of halogens is 1. The maximum absolute atomic E-state index is 13.7. The molecule has 1 atom stereocenters. The standard InChI is InChI=1S/C19H18FN3O2S/c1-21-26(24,25)17-10-11-18(22-13-17)23-19(14-6-3-2-4-7-14)15-8-5-9-16(20)12-15/h2-13,19,21H,1H3,(H,22,23). The van der Waals surface area contributed by atoms with Gasteiger partial charge in [0.05, 0.1) is 6.04 Å². The second-order valence-electron chi connectivity index (χ2n) is 5.63. The van der Waals surface area contributed by atoms with E-state index in [0.29, 0.717) is 5.82 Å². The molecule has 0 amide bonds. The predicted octanol–water partition coefficient (Wildman–Crippen LogP) is 3.33. The van der Waals surface area contributed by atoms with Crippen LogP contribution in [-0.4, -0.2) is 20.4 Å². The minimum Gasteiger partial charge on any atom is -0.359 e. The number of benzene rings is 2. The number of nitrogens with zero attached hydrogens (tertiary/aromatic N) is 1. The Labute approximate surface area is 152 Å². The molecule has 3 rings (SSSR count). The Morgan fingerprint density at radius 3 is 2.31 bits per heavy atom. The van der Waals surface area contributed by atoms with E-state index < -0.39 is 10.0 Å². The van der Waals surface area contributed by atoms with Crippen molar-refractivity contribution in [2.75, 3.05) is 12.4 Å². The molecule has 134 valence electrons. The average molecular weight is 371 g/mol. The fraction of sp³-hybridized carbons (Fsp3) is 0.105. The maximum atomic E-state index is 13.7. The maximum Gasteiger partial charge on any atom is 0.241 e. The fourth-order valence-electron chi connectivity index (χ4n) is 2.58. The van der Waals surface area contributed by atoms with Crippen LogP contribution >= 0.6 is 0 Å². The van der Waals surface area contributed by atoms with E-state index in [-0.39, 0.29) is 16.8 Å². The molecular weight excluding hydrogens is 353 g/mol. The largest absolute Gasteiger partial charge is 0.359 e. The lowest BCUT2D eigenvalue weighted by Gasteiger charge is -2.20. The third-order valence-electron chi connectivity index (χ3n) is 3.92. The Hall–Kier alpha value is -2.77. The molecule has 0 aliphatic carbocycles. The van der Waals surface area contributed by atoms with E-state index in [4.69, 9.17) is 0 Å². The molecule has 2 aromatic carbocycles. The van der Waals surface area contributed by atoms with E-state index in [9.17, 15) is 12.8 Å². The first-order valence-electron chi connectivity index (χ1n) is 7.96. The normalized spacial score (nSPS) is 12.5. The number of hydrogen-bond donors (Lipinski definition) is 2. The van der Waals surface area contributed by atoms with Gasteiger partial charge in [-0.15, -0.1) is 0 Å². The van der Waals surface area contributed by atoms with Crippen molar-refractivity contribution in [3.8, 4) is 0 Å². The van der Waals surface area contributed by atoms with Crippen molar-refractivity contribution in [1.82, 2.24) is 9.71 Å². The van der Waals surface area contributed by atoms with Gasteiger partial charge in [0.25, 0.3) is 0 Å². The van der Waals surface area contributed by atoms with Crippen LogP contribution in [0.4, 0.5) is 10.2 Å². The predicted molar refractivity (Wildman–Crippen MR) is 98.8 cm³/mol. The van der Waals surface area contributed by atoms with E-state index in [1.54, 1.807) is 12.1 Å². The van der Waals surface area contributed by atoms with Gasteiger partial charge in [-0.05, 0) is 42.4 Å². The van der Waals surface area contributed by atoms with Gasteiger partial charge in [-0.1, -0.05) is 42.5 Å². The molecular formula is C19H18FN3O2S. The third kappa shape index (κ3) is 4.07. The zero-order chi connectivity index (χ0) is 18.6. The van der Waals surface area contributed by atoms with Crippen LogP contribution in [0, 0.1) is 5.82 Å². The van der Waals surface area contributed by atoms with Gasteiger partial charge >= 0.3 is 0 Å². The smallest absolute Gasteiger partial charge is 0.241 e. The second kappa shape index (κ2) is 7.63. The number of sulfonamides is 1. The molecule has 0 radical (unpaired) electrons. The number of nitrogens with one attached hydrogen (secondary N) is 2. The summed E-state index contributed by atoms with van der Waals surface area (Å²) in [6, 6.07) is 18.6. The molecule has 1 unspecified atom stereocenters. The molecule has 1 heterocycles. The van der Waals surface area contributed by atoms with E-state index in [1.165, 1.54) is 31.4 Å². The molecule has 2 N–H and O–H groups in total. The molecule has 0 spiro atoms. The lowest BCUT2D eigenvalue weighted by Crippen LogP contribution is -2.19. The van der Waals surface area contributed by atoms with Crippen LogP contribution in [0.5, 0.6) is 0 Å². The summed E-state index contributed by atoms with van der Waals surface area (Å²) in [5, 5.41) is 3.24. The first-order valence-corrected chi connectivity index (χ1v) is 9.44. The molecule has 0 fully saturated rings. The van der Waals surface area contributed by atoms with Crippen molar-refractivity contribution >= 4 is 15.8 Å². The highest BCUT2D eigenvalue weighted by Crippen LogP contribution is 2.26. The second-order valence-corrected chi connectivity index (χ2v) is 7.52. The highest BCUT2D eigenvalue weighted by Gasteiger charge is 2.16. The lowest BCUT2D eigenvalue weighted by molar-refractivity contribution is 0.588. The van der Waals surface area contributed by atoms with Crippen LogP contribution in [0.1, 0.15) is 17.2 Å². The first kappa shape index (κ1) is 18.0. The molecule has 0 saturated carbocycles. The van der Waals surface area contributed by atoms with Crippen LogP contribution in [0.3, 0.4) is 0 Å². The Balaban J connectivity index is 1.94. The average Bonchev–Trinajstić information content (AvgIpc) is 2.67. The highest BCUT2D eigenvalue weighted by molar-refractivity contribution is 7.89. The molecule has 0 saturated heterocycles. The van der Waals surface area contributed by atoms with Crippen molar-refractivity contribution in [1.29, 1.82) is 0 Å². The summed E-state index contributed by atoms with van der Waals surface area (Å²) in [4.78, 5) is 4.26. The Bertz CT molecular complexity index is 977. The zero-order valence-electron chi connectivity index (χ0n) is 14.1. The molecule has 0 bridgehead atoms. The number of hydrogen-bond acceptors (Lipinski definition) is 4. The Kier molecular flexibility index (Phi) is 5.29. The molecule has 0 aliphatic rings. The minimum absolute atomic E-state index is 0.0765. The van der Waals surface area contributed by atoms with Crippen LogP contribution in [0.2, 0.25) is 0 Å². The number of rotatable bonds is 6. The van der Waals surface area contributed by atoms with Crippen molar-refractivity contribution < 1.29 is 12.8 Å². The van der Waals surface area contributed by atoms with Crippen LogP contribution < -0.4 is 10.0 Å². The quantitative estimate of drug-likeness (QED) is 0.697. The van der Waals surface area contributed by atoms with Crippen LogP contribution in [0.15, 0.2) is 77.8 Å². The van der Waals surface area contributed by atoms with E-state index in [1.807, 2.05) is 36.4 Å². The van der Waals surface area contributed by atoms with Gasteiger partial charge in [-0.2, -0.15) is 0 Å². The van der Waals surface area contributed by atoms with Crippen molar-refractivity contribution in [3.05, 3.63) is 89.9 Å². The topological polar surface area (TPSA) is 71.1 Å². The Morgan fingerprint density at radius 2 is 1.69 bits per heavy atom. The van der Waals surface area contributed by atoms with Crippen molar-refractivity contribution in [3.63, 3.8) is 0 Å². The van der Waals surface area contributed by atoms with Gasteiger partial charge < -0.3 is 5.32 Å². The van der Waals surface area contributed by atoms with Crippen molar-refractivity contribution in [2.24, 2.45) is 0 Å². The summed E-state index contributed by atoms with van der Waals surface area (Å²) in [6.07, 6.45) is 1.28. The lowest BCUT2D eigenvalue weighted by atomic mass is 9.98. The summed E-state index contributed by atoms with van der Waals surface area (Å²) in [6.45, 7) is 0. The minimum atomic E-state index is -3.54. The highest BCUT2D eigenvalue weighted by atomic mass is 32.2. The Morgan fingerprint density at radius 1 is 0.962 bits per heavy atom. The van der Waals surface area contributed by atoms with Crippen LogP contribution in [-0.2, 0) is 10.0 Å². The summed E-state index contributed by atoms with van der Waals surface area (Å²) in [5.74, 6) is 0.159. The zero-order valence-corrected chi connectivity index (χ0v) is 14.9. The third-order valence-corrected chi connectivity index (χ3v) is 5.32. The van der Waals surface area contributed by atoms with E-state index in [2.05, 4.69) is 15.0 Å². The number of aromatic nitrogens is 1. The molecule has 1 aromatic heterocycles. The molecule has 0 aliphatic heterocycles. The summed E-state index contributed by atoms with van der Waals surface area (Å²) in [5.41, 5.74) is 1.68. The summed E-state index contributed by atoms with van der Waals surface area (Å²) in [7, 11) is -2.20. The van der Waals surface area contributed by atoms with Gasteiger partial charge in [-0.3, -0.25) is 0 Å². The first-order chi connectivity index (χ1) is 12.5. The van der Waals surface area contributed by atoms with E-state index in [0.717, 1.165) is 11.1 Å². The van der Waals surface area contributed by atoms with Gasteiger partial charge in [-0.25, -0.2) is 22.5 Å². The van der Waals surface area contributed by atoms with Crippen LogP contribution in [0.25, 0.3) is 0 Å². The number of anilines is 1. The summed E-state index contributed by atoms with van der Waals surface area (Å²) < 4.78 is 39.5. The van der Waals surface area contributed by atoms with Crippen molar-refractivity contribution in [2.45, 2.75) is 10.9 Å².